The van der Waals surface area contributed by atoms with Gasteiger partial charge >= 0.3 is 6.18 Å². The number of halogens is 3. The number of alkyl halides is 3. The second-order valence-corrected chi connectivity index (χ2v) is 5.93. The summed E-state index contributed by atoms with van der Waals surface area (Å²) in [5, 5.41) is 14.0. The summed E-state index contributed by atoms with van der Waals surface area (Å²) in [6.07, 6.45) is -2.13. The van der Waals surface area contributed by atoms with E-state index in [4.69, 9.17) is 0 Å². The van der Waals surface area contributed by atoms with E-state index in [-0.39, 0.29) is 11.3 Å². The van der Waals surface area contributed by atoms with Gasteiger partial charge in [-0.15, -0.1) is 0 Å². The quantitative estimate of drug-likeness (QED) is 0.614. The van der Waals surface area contributed by atoms with E-state index >= 15 is 0 Å². The summed E-state index contributed by atoms with van der Waals surface area (Å²) in [5.74, 6) is 0. The van der Waals surface area contributed by atoms with Gasteiger partial charge in [-0.2, -0.15) is 23.5 Å². The summed E-state index contributed by atoms with van der Waals surface area (Å²) in [4.78, 5) is 3.80. The Bertz CT molecular complexity index is 1020. The Morgan fingerprint density at radius 2 is 1.81 bits per heavy atom. The minimum atomic E-state index is -4.47. The molecule has 27 heavy (non-hydrogen) atoms. The van der Waals surface area contributed by atoms with Crippen molar-refractivity contribution in [3.63, 3.8) is 0 Å². The molecular weight excluding hydrogens is 353 g/mol. The molecule has 0 saturated carbocycles. The Morgan fingerprint density at radius 1 is 1.11 bits per heavy atom. The number of allylic oxidation sites excluding steroid dienone is 1. The zero-order valence-electron chi connectivity index (χ0n) is 14.6. The number of benzene rings is 1. The first-order valence-corrected chi connectivity index (χ1v) is 8.08. The number of aryl methyl sites for hydroxylation is 1. The first kappa shape index (κ1) is 18.4. The molecular formula is C20H15F3N4. The number of hydrogen-bond acceptors (Lipinski definition) is 3. The monoisotopic (exact) mass is 368 g/mol. The molecule has 0 saturated heterocycles. The smallest absolute Gasteiger partial charge is 0.255 e. The van der Waals surface area contributed by atoms with E-state index < -0.39 is 11.7 Å². The third kappa shape index (κ3) is 3.75. The summed E-state index contributed by atoms with van der Waals surface area (Å²) < 4.78 is 39.8. The van der Waals surface area contributed by atoms with Crippen LogP contribution in [0.15, 0.2) is 48.7 Å². The van der Waals surface area contributed by atoms with Crippen molar-refractivity contribution in [2.45, 2.75) is 20.0 Å². The molecule has 0 aliphatic heterocycles. The predicted octanol–water partition coefficient (Wildman–Crippen LogP) is 4.97. The third-order valence-corrected chi connectivity index (χ3v) is 4.12. The topological polar surface area (TPSA) is 54.5 Å². The van der Waals surface area contributed by atoms with E-state index in [1.54, 1.807) is 10.8 Å². The lowest BCUT2D eigenvalue weighted by atomic mass is 10.1. The summed E-state index contributed by atoms with van der Waals surface area (Å²) in [6.45, 7) is 3.68. The van der Waals surface area contributed by atoms with Crippen LogP contribution in [-0.4, -0.2) is 14.8 Å². The van der Waals surface area contributed by atoms with E-state index in [0.717, 1.165) is 29.2 Å². The standard InChI is InChI=1S/C20H15F3N4/c1-13-18(14(2)27(26-13)17-6-4-3-5-7-17)10-15(11-24)19-9-8-16(12-25-19)20(21,22)23/h3-10,12H,1-2H3/b15-10-. The molecule has 0 bridgehead atoms. The molecule has 2 aromatic heterocycles. The maximum absolute atomic E-state index is 12.7. The number of aromatic nitrogens is 3. The first-order valence-electron chi connectivity index (χ1n) is 8.08. The van der Waals surface area contributed by atoms with Crippen molar-refractivity contribution in [1.29, 1.82) is 5.26 Å². The third-order valence-electron chi connectivity index (χ3n) is 4.12. The number of nitrogens with zero attached hydrogens (tertiary/aromatic N) is 4. The highest BCUT2D eigenvalue weighted by molar-refractivity contribution is 5.89. The van der Waals surface area contributed by atoms with Crippen molar-refractivity contribution in [1.82, 2.24) is 14.8 Å². The van der Waals surface area contributed by atoms with Gasteiger partial charge in [0.2, 0.25) is 0 Å². The first-order chi connectivity index (χ1) is 12.8. The zero-order valence-corrected chi connectivity index (χ0v) is 14.6. The van der Waals surface area contributed by atoms with Gasteiger partial charge in [-0.05, 0) is 44.2 Å². The number of pyridine rings is 1. The number of nitriles is 1. The molecule has 0 amide bonds. The Kier molecular flexibility index (Phi) is 4.82. The molecule has 0 fully saturated rings. The molecule has 0 aliphatic carbocycles. The highest BCUT2D eigenvalue weighted by Gasteiger charge is 2.30. The molecule has 1 aromatic carbocycles. The van der Waals surface area contributed by atoms with Crippen LogP contribution >= 0.6 is 0 Å². The average Bonchev–Trinajstić information content (AvgIpc) is 2.94. The van der Waals surface area contributed by atoms with Gasteiger partial charge in [0.15, 0.2) is 0 Å². The molecule has 3 aromatic rings. The maximum Gasteiger partial charge on any atom is 0.417 e. The molecule has 0 aliphatic rings. The highest BCUT2D eigenvalue weighted by Crippen LogP contribution is 2.29. The molecule has 0 unspecified atom stereocenters. The van der Waals surface area contributed by atoms with Gasteiger partial charge in [0, 0.05) is 17.5 Å². The Morgan fingerprint density at radius 3 is 2.37 bits per heavy atom. The molecule has 0 N–H and O–H groups in total. The minimum Gasteiger partial charge on any atom is -0.255 e. The lowest BCUT2D eigenvalue weighted by molar-refractivity contribution is -0.137. The van der Waals surface area contributed by atoms with Crippen LogP contribution in [0.25, 0.3) is 17.3 Å². The van der Waals surface area contributed by atoms with E-state index in [1.165, 1.54) is 6.07 Å². The van der Waals surface area contributed by atoms with Gasteiger partial charge in [0.25, 0.3) is 0 Å². The number of rotatable bonds is 3. The SMILES string of the molecule is Cc1nn(-c2ccccc2)c(C)c1/C=C(/C#N)c1ccc(C(F)(F)F)cn1. The van der Waals surface area contributed by atoms with Crippen molar-refractivity contribution >= 4 is 11.6 Å². The molecule has 0 radical (unpaired) electrons. The maximum atomic E-state index is 12.7. The number of para-hydroxylation sites is 1. The zero-order chi connectivity index (χ0) is 19.6. The summed E-state index contributed by atoms with van der Waals surface area (Å²) in [7, 11) is 0. The molecule has 3 rings (SSSR count). The van der Waals surface area contributed by atoms with Gasteiger partial charge in [-0.3, -0.25) is 4.98 Å². The van der Waals surface area contributed by atoms with Gasteiger partial charge in [0.1, 0.15) is 6.07 Å². The fraction of sp³-hybridized carbons (Fsp3) is 0.150. The van der Waals surface area contributed by atoms with Crippen molar-refractivity contribution in [2.24, 2.45) is 0 Å². The molecule has 0 spiro atoms. The Hall–Kier alpha value is -3.40. The van der Waals surface area contributed by atoms with Crippen molar-refractivity contribution in [3.05, 3.63) is 76.9 Å². The molecule has 4 nitrogen and oxygen atoms in total. The fourth-order valence-electron chi connectivity index (χ4n) is 2.71. The summed E-state index contributed by atoms with van der Waals surface area (Å²) >= 11 is 0. The van der Waals surface area contributed by atoms with Crippen LogP contribution in [0.5, 0.6) is 0 Å². The Labute approximate surface area is 154 Å². The van der Waals surface area contributed by atoms with Crippen LogP contribution in [0.3, 0.4) is 0 Å². The van der Waals surface area contributed by atoms with Gasteiger partial charge in [0.05, 0.1) is 28.2 Å². The Balaban J connectivity index is 2.02. The molecule has 7 heteroatoms. The second-order valence-electron chi connectivity index (χ2n) is 5.93. The normalized spacial score (nSPS) is 12.1. The van der Waals surface area contributed by atoms with Crippen LogP contribution < -0.4 is 0 Å². The van der Waals surface area contributed by atoms with E-state index in [0.29, 0.717) is 5.69 Å². The molecule has 136 valence electrons. The van der Waals surface area contributed by atoms with Crippen LogP contribution in [0.4, 0.5) is 13.2 Å². The van der Waals surface area contributed by atoms with E-state index in [1.807, 2.05) is 50.2 Å². The highest BCUT2D eigenvalue weighted by atomic mass is 19.4. The van der Waals surface area contributed by atoms with Crippen LogP contribution in [0, 0.1) is 25.2 Å². The van der Waals surface area contributed by atoms with Crippen LogP contribution in [0.1, 0.15) is 28.2 Å². The predicted molar refractivity (Wildman–Crippen MR) is 95.8 cm³/mol. The molecule has 0 atom stereocenters. The lowest BCUT2D eigenvalue weighted by Crippen LogP contribution is -2.05. The average molecular weight is 368 g/mol. The number of hydrogen-bond donors (Lipinski definition) is 0. The summed E-state index contributed by atoms with van der Waals surface area (Å²) in [5.41, 5.74) is 2.63. The van der Waals surface area contributed by atoms with Crippen molar-refractivity contribution in [2.75, 3.05) is 0 Å². The summed E-state index contributed by atoms with van der Waals surface area (Å²) in [6, 6.07) is 13.6. The van der Waals surface area contributed by atoms with E-state index in [9.17, 15) is 18.4 Å². The molecule has 2 heterocycles. The second kappa shape index (κ2) is 7.08. The fourth-order valence-corrected chi connectivity index (χ4v) is 2.71. The largest absolute Gasteiger partial charge is 0.417 e. The van der Waals surface area contributed by atoms with Crippen molar-refractivity contribution < 1.29 is 13.2 Å². The minimum absolute atomic E-state index is 0.169. The van der Waals surface area contributed by atoms with Gasteiger partial charge < -0.3 is 0 Å². The van der Waals surface area contributed by atoms with Crippen LogP contribution in [-0.2, 0) is 6.18 Å². The van der Waals surface area contributed by atoms with Crippen LogP contribution in [0.2, 0.25) is 0 Å². The van der Waals surface area contributed by atoms with E-state index in [2.05, 4.69) is 10.1 Å². The van der Waals surface area contributed by atoms with Gasteiger partial charge in [-0.25, -0.2) is 4.68 Å². The van der Waals surface area contributed by atoms with Crippen molar-refractivity contribution in [3.8, 4) is 11.8 Å². The van der Waals surface area contributed by atoms with Gasteiger partial charge in [-0.1, -0.05) is 18.2 Å². The lowest BCUT2D eigenvalue weighted by Gasteiger charge is -2.06.